The van der Waals surface area contributed by atoms with E-state index in [0.717, 1.165) is 80.5 Å². The molecule has 6 heteroatoms. The molecule has 34 heavy (non-hydrogen) atoms. The molecule has 182 valence electrons. The number of azo groups is 1. The van der Waals surface area contributed by atoms with Gasteiger partial charge in [-0.1, -0.05) is 52.0 Å². The van der Waals surface area contributed by atoms with Crippen LogP contribution < -0.4 is 10.6 Å². The molecule has 2 N–H and O–H groups in total. The Hall–Kier alpha value is -2.96. The normalized spacial score (nSPS) is 11.7. The monoisotopic (exact) mass is 460 g/mol. The Morgan fingerprint density at radius 3 is 1.82 bits per heavy atom. The Balaban J connectivity index is 1.65. The van der Waals surface area contributed by atoms with Gasteiger partial charge < -0.3 is 20.4 Å². The molecule has 0 radical (unpaired) electrons. The van der Waals surface area contributed by atoms with Crippen LogP contribution in [0.1, 0.15) is 27.7 Å². The zero-order valence-electron chi connectivity index (χ0n) is 21.2. The highest BCUT2D eigenvalue weighted by atomic mass is 15.1. The van der Waals surface area contributed by atoms with E-state index in [0.29, 0.717) is 0 Å². The molecule has 0 aliphatic heterocycles. The highest BCUT2D eigenvalue weighted by Crippen LogP contribution is 2.33. The summed E-state index contributed by atoms with van der Waals surface area (Å²) in [6.07, 6.45) is 0. The summed E-state index contributed by atoms with van der Waals surface area (Å²) in [6, 6.07) is 20.7. The van der Waals surface area contributed by atoms with E-state index >= 15 is 0 Å². The number of likely N-dealkylation sites (N-methyl/N-ethyl adjacent to an activating group) is 2. The third kappa shape index (κ3) is 7.27. The third-order valence-corrected chi connectivity index (χ3v) is 6.33. The topological polar surface area (TPSA) is 55.3 Å². The Labute approximate surface area is 205 Å². The summed E-state index contributed by atoms with van der Waals surface area (Å²) in [7, 11) is 0. The fourth-order valence-corrected chi connectivity index (χ4v) is 4.07. The molecule has 0 bridgehead atoms. The molecule has 0 aliphatic rings. The van der Waals surface area contributed by atoms with Crippen molar-refractivity contribution >= 4 is 33.5 Å². The van der Waals surface area contributed by atoms with E-state index < -0.39 is 0 Å². The van der Waals surface area contributed by atoms with Gasteiger partial charge in [-0.3, -0.25) is 0 Å². The summed E-state index contributed by atoms with van der Waals surface area (Å²) in [5.41, 5.74) is 3.98. The van der Waals surface area contributed by atoms with E-state index in [1.54, 1.807) is 0 Å². The number of rotatable bonds is 14. The zero-order chi connectivity index (χ0) is 24.2. The minimum Gasteiger partial charge on any atom is -0.384 e. The van der Waals surface area contributed by atoms with E-state index in [4.69, 9.17) is 0 Å². The van der Waals surface area contributed by atoms with Crippen LogP contribution in [0.25, 0.3) is 10.8 Å². The van der Waals surface area contributed by atoms with Crippen molar-refractivity contribution in [2.24, 2.45) is 10.2 Å². The van der Waals surface area contributed by atoms with E-state index in [1.807, 2.05) is 12.1 Å². The molecule has 0 saturated carbocycles. The fourth-order valence-electron chi connectivity index (χ4n) is 4.07. The van der Waals surface area contributed by atoms with Crippen molar-refractivity contribution in [1.82, 2.24) is 9.80 Å². The zero-order valence-corrected chi connectivity index (χ0v) is 21.2. The summed E-state index contributed by atoms with van der Waals surface area (Å²) in [4.78, 5) is 4.83. The predicted molar refractivity (Wildman–Crippen MR) is 147 cm³/mol. The third-order valence-electron chi connectivity index (χ3n) is 6.33. The molecule has 0 unspecified atom stereocenters. The van der Waals surface area contributed by atoms with Gasteiger partial charge in [-0.2, -0.15) is 5.11 Å². The Bertz CT molecular complexity index is 1020. The first-order valence-electron chi connectivity index (χ1n) is 12.6. The minimum absolute atomic E-state index is 0.847. The Morgan fingerprint density at radius 1 is 0.618 bits per heavy atom. The van der Waals surface area contributed by atoms with Gasteiger partial charge in [0.25, 0.3) is 0 Å². The summed E-state index contributed by atoms with van der Waals surface area (Å²) in [5.74, 6) is 0. The molecule has 0 spiro atoms. The van der Waals surface area contributed by atoms with Crippen LogP contribution in [0.15, 0.2) is 70.9 Å². The number of fused-ring (bicyclic) bond motifs is 1. The van der Waals surface area contributed by atoms with Gasteiger partial charge in [0.1, 0.15) is 0 Å². The van der Waals surface area contributed by atoms with Gasteiger partial charge in [0.15, 0.2) is 0 Å². The Kier molecular flexibility index (Phi) is 10.3. The molecule has 0 aromatic heterocycles. The second-order valence-corrected chi connectivity index (χ2v) is 8.33. The molecule has 0 saturated heterocycles. The molecule has 3 aromatic rings. The minimum atomic E-state index is 0.847. The molecule has 3 aromatic carbocycles. The molecule has 0 aliphatic carbocycles. The van der Waals surface area contributed by atoms with Crippen molar-refractivity contribution < 1.29 is 0 Å². The lowest BCUT2D eigenvalue weighted by atomic mass is 10.1. The van der Waals surface area contributed by atoms with Gasteiger partial charge >= 0.3 is 0 Å². The lowest BCUT2D eigenvalue weighted by Gasteiger charge is -2.19. The van der Waals surface area contributed by atoms with Crippen molar-refractivity contribution in [3.05, 3.63) is 60.7 Å². The maximum Gasteiger partial charge on any atom is 0.0936 e. The lowest BCUT2D eigenvalue weighted by Crippen LogP contribution is -2.28. The quantitative estimate of drug-likeness (QED) is 0.261. The molecule has 0 fully saturated rings. The van der Waals surface area contributed by atoms with Crippen LogP contribution in [-0.4, -0.2) is 62.2 Å². The molecule has 3 rings (SSSR count). The number of hydrogen-bond acceptors (Lipinski definition) is 6. The van der Waals surface area contributed by atoms with E-state index in [2.05, 4.69) is 107 Å². The van der Waals surface area contributed by atoms with Gasteiger partial charge in [0.05, 0.1) is 11.4 Å². The highest BCUT2D eigenvalue weighted by molar-refractivity contribution is 6.00. The first-order chi connectivity index (χ1) is 16.7. The van der Waals surface area contributed by atoms with Gasteiger partial charge in [-0.05, 0) is 62.6 Å². The lowest BCUT2D eigenvalue weighted by molar-refractivity contribution is 0.316. The first kappa shape index (κ1) is 25.7. The molecule has 6 nitrogen and oxygen atoms in total. The van der Waals surface area contributed by atoms with E-state index in [-0.39, 0.29) is 0 Å². The summed E-state index contributed by atoms with van der Waals surface area (Å²) < 4.78 is 0. The van der Waals surface area contributed by atoms with Crippen LogP contribution in [0.5, 0.6) is 0 Å². The second kappa shape index (κ2) is 13.7. The number of anilines is 2. The van der Waals surface area contributed by atoms with Crippen LogP contribution in [0, 0.1) is 0 Å². The maximum atomic E-state index is 4.58. The average Bonchev–Trinajstić information content (AvgIpc) is 2.89. The summed E-state index contributed by atoms with van der Waals surface area (Å²) in [5, 5.41) is 18.4. The van der Waals surface area contributed by atoms with Crippen LogP contribution in [0.2, 0.25) is 0 Å². The predicted octanol–water partition coefficient (Wildman–Crippen LogP) is 6.76. The number of benzene rings is 3. The number of nitrogens with zero attached hydrogens (tertiary/aromatic N) is 4. The van der Waals surface area contributed by atoms with Gasteiger partial charge in [0, 0.05) is 48.3 Å². The molecule has 0 amide bonds. The maximum absolute atomic E-state index is 4.58. The number of nitrogens with one attached hydrogen (secondary N) is 2. The van der Waals surface area contributed by atoms with E-state index in [9.17, 15) is 0 Å². The second-order valence-electron chi connectivity index (χ2n) is 8.33. The molecule has 0 atom stereocenters. The smallest absolute Gasteiger partial charge is 0.0936 e. The van der Waals surface area contributed by atoms with E-state index in [1.165, 1.54) is 5.39 Å². The van der Waals surface area contributed by atoms with Crippen LogP contribution >= 0.6 is 0 Å². The first-order valence-corrected chi connectivity index (χ1v) is 12.6. The SMILES string of the molecule is CCN(CC)CCNc1ccc(N=Nc2ccc(NCCN(CC)CC)c3ccccc23)cc1. The Morgan fingerprint density at radius 2 is 1.21 bits per heavy atom. The van der Waals surface area contributed by atoms with Crippen LogP contribution in [0.3, 0.4) is 0 Å². The van der Waals surface area contributed by atoms with Crippen molar-refractivity contribution in [2.45, 2.75) is 27.7 Å². The van der Waals surface area contributed by atoms with Crippen LogP contribution in [-0.2, 0) is 0 Å². The fraction of sp³-hybridized carbons (Fsp3) is 0.429. The highest BCUT2D eigenvalue weighted by Gasteiger charge is 2.06. The largest absolute Gasteiger partial charge is 0.384 e. The molecule has 0 heterocycles. The number of hydrogen-bond donors (Lipinski definition) is 2. The van der Waals surface area contributed by atoms with Gasteiger partial charge in [0.2, 0.25) is 0 Å². The van der Waals surface area contributed by atoms with Gasteiger partial charge in [-0.15, -0.1) is 5.11 Å². The molecular weight excluding hydrogens is 420 g/mol. The average molecular weight is 461 g/mol. The summed E-state index contributed by atoms with van der Waals surface area (Å²) in [6.45, 7) is 17.0. The van der Waals surface area contributed by atoms with Crippen molar-refractivity contribution in [2.75, 3.05) is 63.0 Å². The standard InChI is InChI=1S/C28H40N6/c1-5-33(6-2)21-19-29-23-13-15-24(16-14-23)31-32-28-18-17-27(25-11-9-10-12-26(25)28)30-20-22-34(7-3)8-4/h9-18,29-30H,5-8,19-22H2,1-4H3. The van der Waals surface area contributed by atoms with Crippen molar-refractivity contribution in [3.8, 4) is 0 Å². The van der Waals surface area contributed by atoms with Crippen molar-refractivity contribution in [1.29, 1.82) is 0 Å². The molecular formula is C28H40N6. The van der Waals surface area contributed by atoms with Crippen LogP contribution in [0.4, 0.5) is 22.7 Å². The van der Waals surface area contributed by atoms with Crippen molar-refractivity contribution in [3.63, 3.8) is 0 Å². The van der Waals surface area contributed by atoms with Gasteiger partial charge in [-0.25, -0.2) is 0 Å². The summed E-state index contributed by atoms with van der Waals surface area (Å²) >= 11 is 0.